The Bertz CT molecular complexity index is 1320. The maximum absolute atomic E-state index is 12.4. The predicted molar refractivity (Wildman–Crippen MR) is 131 cm³/mol. The standard InChI is InChI=1S/C23H23N7O3S/c24-23-26-12-16(13-27-23)20-28-17-11-18(14-2-1-3-15(10-14)22(32)25-4-7-31)34-19(17)21(29-20)30-5-8-33-9-6-30/h1-3,10-13,31H,4-9H2,(H,25,32)(H2,24,26,27). The number of nitrogens with two attached hydrogens (primary N) is 1. The van der Waals surface area contributed by atoms with Crippen molar-refractivity contribution in [3.8, 4) is 21.8 Å². The normalized spacial score (nSPS) is 13.9. The van der Waals surface area contributed by atoms with E-state index in [-0.39, 0.29) is 25.0 Å². The third-order valence-corrected chi connectivity index (χ3v) is 6.57. The first kappa shape index (κ1) is 22.1. The molecular formula is C23H23N7O3S. The SMILES string of the molecule is Nc1ncc(-c2nc(N3CCOCC3)c3sc(-c4cccc(C(=O)NCCO)c4)cc3n2)cn1. The molecule has 1 aliphatic heterocycles. The summed E-state index contributed by atoms with van der Waals surface area (Å²) in [7, 11) is 0. The number of aliphatic hydroxyl groups is 1. The number of nitrogens with one attached hydrogen (secondary N) is 1. The van der Waals surface area contributed by atoms with Crippen molar-refractivity contribution in [1.82, 2.24) is 25.3 Å². The van der Waals surface area contributed by atoms with Gasteiger partial charge in [0.1, 0.15) is 0 Å². The van der Waals surface area contributed by atoms with Crippen LogP contribution in [0.5, 0.6) is 0 Å². The summed E-state index contributed by atoms with van der Waals surface area (Å²) in [6, 6.07) is 9.41. The van der Waals surface area contributed by atoms with Crippen LogP contribution >= 0.6 is 11.3 Å². The fourth-order valence-electron chi connectivity index (χ4n) is 3.71. The topological polar surface area (TPSA) is 139 Å². The minimum atomic E-state index is -0.226. The van der Waals surface area contributed by atoms with E-state index in [0.717, 1.165) is 39.6 Å². The highest BCUT2D eigenvalue weighted by atomic mass is 32.1. The molecule has 34 heavy (non-hydrogen) atoms. The van der Waals surface area contributed by atoms with E-state index < -0.39 is 0 Å². The molecule has 4 aromatic rings. The van der Waals surface area contributed by atoms with E-state index in [4.69, 9.17) is 25.5 Å². The van der Waals surface area contributed by atoms with E-state index in [1.165, 1.54) is 0 Å². The molecule has 11 heteroatoms. The van der Waals surface area contributed by atoms with E-state index in [9.17, 15) is 4.79 Å². The van der Waals surface area contributed by atoms with Crippen molar-refractivity contribution < 1.29 is 14.6 Å². The van der Waals surface area contributed by atoms with Crippen LogP contribution in [0.15, 0.2) is 42.7 Å². The van der Waals surface area contributed by atoms with Crippen LogP contribution in [0.3, 0.4) is 0 Å². The Labute approximate surface area is 199 Å². The molecule has 0 saturated carbocycles. The molecule has 0 spiro atoms. The quantitative estimate of drug-likeness (QED) is 0.380. The zero-order valence-corrected chi connectivity index (χ0v) is 19.1. The van der Waals surface area contributed by atoms with E-state index in [1.54, 1.807) is 29.8 Å². The summed E-state index contributed by atoms with van der Waals surface area (Å²) in [6.07, 6.45) is 3.24. The first-order valence-electron chi connectivity index (χ1n) is 10.8. The summed E-state index contributed by atoms with van der Waals surface area (Å²) in [6.45, 7) is 2.84. The van der Waals surface area contributed by atoms with Crippen molar-refractivity contribution in [2.75, 3.05) is 50.1 Å². The summed E-state index contributed by atoms with van der Waals surface area (Å²) in [5, 5.41) is 11.7. The van der Waals surface area contributed by atoms with Crippen molar-refractivity contribution in [2.24, 2.45) is 0 Å². The Morgan fingerprint density at radius 1 is 1.15 bits per heavy atom. The van der Waals surface area contributed by atoms with Crippen molar-refractivity contribution in [3.05, 3.63) is 48.3 Å². The Morgan fingerprint density at radius 2 is 1.94 bits per heavy atom. The largest absolute Gasteiger partial charge is 0.395 e. The first-order valence-corrected chi connectivity index (χ1v) is 11.7. The molecule has 10 nitrogen and oxygen atoms in total. The van der Waals surface area contributed by atoms with Crippen molar-refractivity contribution in [2.45, 2.75) is 0 Å². The Hall–Kier alpha value is -3.67. The lowest BCUT2D eigenvalue weighted by atomic mass is 10.1. The van der Waals surface area contributed by atoms with Gasteiger partial charge in [-0.2, -0.15) is 0 Å². The number of hydrogen-bond acceptors (Lipinski definition) is 10. The maximum Gasteiger partial charge on any atom is 0.251 e. The molecule has 1 aromatic carbocycles. The average molecular weight is 478 g/mol. The lowest BCUT2D eigenvalue weighted by molar-refractivity contribution is 0.0945. The number of aliphatic hydroxyl groups excluding tert-OH is 1. The second kappa shape index (κ2) is 9.67. The number of hydrogen-bond donors (Lipinski definition) is 3. The molecule has 0 atom stereocenters. The van der Waals surface area contributed by atoms with Crippen LogP contribution in [0.1, 0.15) is 10.4 Å². The van der Waals surface area contributed by atoms with Gasteiger partial charge < -0.3 is 25.8 Å². The summed E-state index contributed by atoms with van der Waals surface area (Å²) in [5.74, 6) is 1.33. The van der Waals surface area contributed by atoms with Crippen molar-refractivity contribution in [3.63, 3.8) is 0 Å². The number of nitrogen functional groups attached to an aromatic ring is 1. The zero-order chi connectivity index (χ0) is 23.5. The third kappa shape index (κ3) is 4.53. The molecule has 0 aliphatic carbocycles. The van der Waals surface area contributed by atoms with Gasteiger partial charge in [-0.05, 0) is 23.8 Å². The van der Waals surface area contributed by atoms with Crippen LogP contribution in [0, 0.1) is 0 Å². The lowest BCUT2D eigenvalue weighted by Crippen LogP contribution is -2.36. The number of rotatable bonds is 6. The minimum Gasteiger partial charge on any atom is -0.395 e. The fraction of sp³-hybridized carbons (Fsp3) is 0.261. The minimum absolute atomic E-state index is 0.105. The highest BCUT2D eigenvalue weighted by molar-refractivity contribution is 7.22. The zero-order valence-electron chi connectivity index (χ0n) is 18.3. The number of benzene rings is 1. The molecule has 1 aliphatic rings. The molecule has 174 valence electrons. The summed E-state index contributed by atoms with van der Waals surface area (Å²) in [4.78, 5) is 33.4. The number of morpholine rings is 1. The van der Waals surface area contributed by atoms with Crippen LogP contribution in [0.4, 0.5) is 11.8 Å². The van der Waals surface area contributed by atoms with Gasteiger partial charge in [-0.1, -0.05) is 12.1 Å². The van der Waals surface area contributed by atoms with Gasteiger partial charge >= 0.3 is 0 Å². The van der Waals surface area contributed by atoms with E-state index >= 15 is 0 Å². The molecule has 1 amide bonds. The fourth-order valence-corrected chi connectivity index (χ4v) is 4.82. The molecule has 1 saturated heterocycles. The van der Waals surface area contributed by atoms with Gasteiger partial charge in [-0.3, -0.25) is 4.79 Å². The summed E-state index contributed by atoms with van der Waals surface area (Å²) in [5.41, 5.74) is 8.57. The van der Waals surface area contributed by atoms with Gasteiger partial charge in [0.15, 0.2) is 11.6 Å². The van der Waals surface area contributed by atoms with Crippen molar-refractivity contribution >= 4 is 39.2 Å². The van der Waals surface area contributed by atoms with E-state index in [0.29, 0.717) is 30.2 Å². The van der Waals surface area contributed by atoms with Crippen LogP contribution in [-0.2, 0) is 4.74 Å². The first-order chi connectivity index (χ1) is 16.6. The lowest BCUT2D eigenvalue weighted by Gasteiger charge is -2.28. The average Bonchev–Trinajstić information content (AvgIpc) is 3.32. The molecular weight excluding hydrogens is 454 g/mol. The maximum atomic E-state index is 12.4. The van der Waals surface area contributed by atoms with Crippen LogP contribution in [0.25, 0.3) is 32.0 Å². The monoisotopic (exact) mass is 477 g/mol. The van der Waals surface area contributed by atoms with Gasteiger partial charge in [-0.25, -0.2) is 19.9 Å². The van der Waals surface area contributed by atoms with Gasteiger partial charge in [0, 0.05) is 42.5 Å². The number of thiophene rings is 1. The number of nitrogens with zero attached hydrogens (tertiary/aromatic N) is 5. The molecule has 3 aromatic heterocycles. The number of anilines is 2. The number of ether oxygens (including phenoxy) is 1. The second-order valence-electron chi connectivity index (χ2n) is 7.69. The van der Waals surface area contributed by atoms with Gasteiger partial charge in [0.05, 0.1) is 35.6 Å². The number of amides is 1. The highest BCUT2D eigenvalue weighted by Gasteiger charge is 2.21. The number of carbonyl (C=O) groups is 1. The Kier molecular flexibility index (Phi) is 6.30. The molecule has 0 radical (unpaired) electrons. The Morgan fingerprint density at radius 3 is 2.71 bits per heavy atom. The van der Waals surface area contributed by atoms with Crippen molar-refractivity contribution in [1.29, 1.82) is 0 Å². The molecule has 1 fully saturated rings. The van der Waals surface area contributed by atoms with Gasteiger partial charge in [-0.15, -0.1) is 11.3 Å². The van der Waals surface area contributed by atoms with Gasteiger partial charge in [0.2, 0.25) is 5.95 Å². The highest BCUT2D eigenvalue weighted by Crippen LogP contribution is 2.39. The predicted octanol–water partition coefficient (Wildman–Crippen LogP) is 1.96. The van der Waals surface area contributed by atoms with Crippen LogP contribution in [0.2, 0.25) is 0 Å². The molecule has 4 heterocycles. The number of aromatic nitrogens is 4. The molecule has 0 bridgehead atoms. The second-order valence-corrected chi connectivity index (χ2v) is 8.74. The van der Waals surface area contributed by atoms with Crippen LogP contribution in [-0.4, -0.2) is 70.4 Å². The van der Waals surface area contributed by atoms with Gasteiger partial charge in [0.25, 0.3) is 5.91 Å². The van der Waals surface area contributed by atoms with Crippen LogP contribution < -0.4 is 16.0 Å². The number of carbonyl (C=O) groups excluding carboxylic acids is 1. The smallest absolute Gasteiger partial charge is 0.251 e. The number of fused-ring (bicyclic) bond motifs is 1. The summed E-state index contributed by atoms with van der Waals surface area (Å²) >= 11 is 1.58. The molecule has 0 unspecified atom stereocenters. The molecule has 5 rings (SSSR count). The Balaban J connectivity index is 1.59. The van der Waals surface area contributed by atoms with E-state index in [2.05, 4.69) is 20.2 Å². The van der Waals surface area contributed by atoms with E-state index in [1.807, 2.05) is 24.3 Å². The molecule has 4 N–H and O–H groups in total. The summed E-state index contributed by atoms with van der Waals surface area (Å²) < 4.78 is 6.50. The third-order valence-electron chi connectivity index (χ3n) is 5.40.